The molecule has 0 spiro atoms. The second-order valence-electron chi connectivity index (χ2n) is 6.06. The van der Waals surface area contributed by atoms with E-state index in [0.29, 0.717) is 11.4 Å². The lowest BCUT2D eigenvalue weighted by Crippen LogP contribution is -2.36. The molecule has 1 aliphatic rings. The lowest BCUT2D eigenvalue weighted by molar-refractivity contribution is 0.0928. The number of pyridine rings is 1. The number of carbonyl (C=O) groups is 1. The highest BCUT2D eigenvalue weighted by atomic mass is 16.5. The van der Waals surface area contributed by atoms with Crippen molar-refractivity contribution in [2.24, 2.45) is 0 Å². The number of hydrogen-bond acceptors (Lipinski definition) is 4. The Kier molecular flexibility index (Phi) is 5.31. The number of carbonyl (C=O) groups excluding carboxylic acids is 1. The van der Waals surface area contributed by atoms with E-state index in [1.807, 2.05) is 24.3 Å². The average Bonchev–Trinajstić information content (AvgIpc) is 2.63. The molecule has 5 nitrogen and oxygen atoms in total. The SMILES string of the molecule is COc1ccc(Nc2ncccc2C(=O)NC2CCCCC2)cc1. The molecule has 1 heterocycles. The quantitative estimate of drug-likeness (QED) is 0.875. The maximum absolute atomic E-state index is 12.6. The van der Waals surface area contributed by atoms with E-state index in [-0.39, 0.29) is 11.9 Å². The van der Waals surface area contributed by atoms with Gasteiger partial charge in [0.25, 0.3) is 5.91 Å². The van der Waals surface area contributed by atoms with Gasteiger partial charge in [0.1, 0.15) is 11.6 Å². The lowest BCUT2D eigenvalue weighted by atomic mass is 9.95. The zero-order chi connectivity index (χ0) is 16.8. The first kappa shape index (κ1) is 16.3. The molecule has 24 heavy (non-hydrogen) atoms. The van der Waals surface area contributed by atoms with E-state index in [0.717, 1.165) is 24.3 Å². The molecule has 1 saturated carbocycles. The average molecular weight is 325 g/mol. The van der Waals surface area contributed by atoms with E-state index in [1.165, 1.54) is 19.3 Å². The van der Waals surface area contributed by atoms with Crippen LogP contribution in [0.5, 0.6) is 5.75 Å². The van der Waals surface area contributed by atoms with Gasteiger partial charge in [0.05, 0.1) is 12.7 Å². The summed E-state index contributed by atoms with van der Waals surface area (Å²) in [6, 6.07) is 11.4. The molecule has 0 bridgehead atoms. The van der Waals surface area contributed by atoms with Gasteiger partial charge in [0.15, 0.2) is 0 Å². The van der Waals surface area contributed by atoms with E-state index >= 15 is 0 Å². The van der Waals surface area contributed by atoms with Crippen LogP contribution < -0.4 is 15.4 Å². The summed E-state index contributed by atoms with van der Waals surface area (Å²) in [5.41, 5.74) is 1.43. The lowest BCUT2D eigenvalue weighted by Gasteiger charge is -2.23. The number of nitrogens with zero attached hydrogens (tertiary/aromatic N) is 1. The highest BCUT2D eigenvalue weighted by Gasteiger charge is 2.19. The molecule has 3 rings (SSSR count). The van der Waals surface area contributed by atoms with Crippen LogP contribution in [0.2, 0.25) is 0 Å². The van der Waals surface area contributed by atoms with Crippen LogP contribution in [0, 0.1) is 0 Å². The largest absolute Gasteiger partial charge is 0.497 e. The Morgan fingerprint density at radius 1 is 1.12 bits per heavy atom. The number of ether oxygens (including phenoxy) is 1. The third-order valence-corrected chi connectivity index (χ3v) is 4.35. The predicted molar refractivity (Wildman–Crippen MR) is 94.9 cm³/mol. The van der Waals surface area contributed by atoms with Crippen molar-refractivity contribution in [3.8, 4) is 5.75 Å². The number of hydrogen-bond donors (Lipinski definition) is 2. The number of nitrogens with one attached hydrogen (secondary N) is 2. The van der Waals surface area contributed by atoms with Crippen molar-refractivity contribution in [1.29, 1.82) is 0 Å². The fourth-order valence-electron chi connectivity index (χ4n) is 3.01. The topological polar surface area (TPSA) is 63.2 Å². The molecule has 1 fully saturated rings. The molecule has 1 aromatic carbocycles. The molecule has 2 N–H and O–H groups in total. The summed E-state index contributed by atoms with van der Waals surface area (Å²) in [6.07, 6.45) is 7.46. The van der Waals surface area contributed by atoms with Gasteiger partial charge < -0.3 is 15.4 Å². The first-order valence-electron chi connectivity index (χ1n) is 8.43. The second kappa shape index (κ2) is 7.81. The van der Waals surface area contributed by atoms with E-state index in [9.17, 15) is 4.79 Å². The molecule has 0 atom stereocenters. The summed E-state index contributed by atoms with van der Waals surface area (Å²) in [7, 11) is 1.63. The van der Waals surface area contributed by atoms with E-state index < -0.39 is 0 Å². The van der Waals surface area contributed by atoms with Crippen LogP contribution >= 0.6 is 0 Å². The number of amides is 1. The Morgan fingerprint density at radius 2 is 1.88 bits per heavy atom. The number of benzene rings is 1. The van der Waals surface area contributed by atoms with Crippen molar-refractivity contribution in [2.75, 3.05) is 12.4 Å². The van der Waals surface area contributed by atoms with E-state index in [1.54, 1.807) is 25.4 Å². The highest BCUT2D eigenvalue weighted by molar-refractivity contribution is 5.99. The minimum atomic E-state index is -0.0639. The number of rotatable bonds is 5. The van der Waals surface area contributed by atoms with Crippen molar-refractivity contribution in [1.82, 2.24) is 10.3 Å². The Hall–Kier alpha value is -2.56. The molecule has 1 aliphatic carbocycles. The molecular formula is C19H23N3O2. The zero-order valence-corrected chi connectivity index (χ0v) is 13.9. The second-order valence-corrected chi connectivity index (χ2v) is 6.06. The molecule has 0 aliphatic heterocycles. The van der Waals surface area contributed by atoms with Crippen LogP contribution in [0.25, 0.3) is 0 Å². The van der Waals surface area contributed by atoms with E-state index in [4.69, 9.17) is 4.74 Å². The van der Waals surface area contributed by atoms with Crippen molar-refractivity contribution >= 4 is 17.4 Å². The van der Waals surface area contributed by atoms with Crippen molar-refractivity contribution < 1.29 is 9.53 Å². The van der Waals surface area contributed by atoms with Crippen LogP contribution in [-0.4, -0.2) is 24.0 Å². The van der Waals surface area contributed by atoms with Crippen molar-refractivity contribution in [3.05, 3.63) is 48.2 Å². The van der Waals surface area contributed by atoms with Gasteiger partial charge in [-0.2, -0.15) is 0 Å². The van der Waals surface area contributed by atoms with Gasteiger partial charge in [0.2, 0.25) is 0 Å². The third kappa shape index (κ3) is 4.04. The summed E-state index contributed by atoms with van der Waals surface area (Å²) >= 11 is 0. The normalized spacial score (nSPS) is 14.9. The molecular weight excluding hydrogens is 302 g/mol. The third-order valence-electron chi connectivity index (χ3n) is 4.35. The number of aromatic nitrogens is 1. The van der Waals surface area contributed by atoms with Gasteiger partial charge in [0, 0.05) is 17.9 Å². The molecule has 5 heteroatoms. The summed E-state index contributed by atoms with van der Waals surface area (Å²) in [5.74, 6) is 1.29. The van der Waals surface area contributed by atoms with Crippen LogP contribution in [0.3, 0.4) is 0 Å². The predicted octanol–water partition coefficient (Wildman–Crippen LogP) is 3.90. The Morgan fingerprint density at radius 3 is 2.58 bits per heavy atom. The Balaban J connectivity index is 1.72. The first-order valence-corrected chi connectivity index (χ1v) is 8.43. The minimum absolute atomic E-state index is 0.0639. The fourth-order valence-corrected chi connectivity index (χ4v) is 3.01. The van der Waals surface area contributed by atoms with Crippen LogP contribution in [0.15, 0.2) is 42.6 Å². The van der Waals surface area contributed by atoms with Gasteiger partial charge in [-0.05, 0) is 49.2 Å². The minimum Gasteiger partial charge on any atom is -0.497 e. The van der Waals surface area contributed by atoms with Crippen molar-refractivity contribution in [2.45, 2.75) is 38.1 Å². The Bertz CT molecular complexity index is 679. The smallest absolute Gasteiger partial charge is 0.255 e. The van der Waals surface area contributed by atoms with E-state index in [2.05, 4.69) is 15.6 Å². The monoisotopic (exact) mass is 325 g/mol. The van der Waals surface area contributed by atoms with Crippen LogP contribution in [-0.2, 0) is 0 Å². The molecule has 0 unspecified atom stereocenters. The standard InChI is InChI=1S/C19H23N3O2/c1-24-16-11-9-15(10-12-16)21-18-17(8-5-13-20-18)19(23)22-14-6-3-2-4-7-14/h5,8-14H,2-4,6-7H2,1H3,(H,20,21)(H,22,23). The first-order chi connectivity index (χ1) is 11.8. The summed E-state index contributed by atoms with van der Waals surface area (Å²) < 4.78 is 5.16. The molecule has 126 valence electrons. The van der Waals surface area contributed by atoms with Gasteiger partial charge >= 0.3 is 0 Å². The Labute approximate surface area is 142 Å². The summed E-state index contributed by atoms with van der Waals surface area (Å²) in [4.78, 5) is 16.9. The highest BCUT2D eigenvalue weighted by Crippen LogP contribution is 2.22. The van der Waals surface area contributed by atoms with Crippen LogP contribution in [0.1, 0.15) is 42.5 Å². The summed E-state index contributed by atoms with van der Waals surface area (Å²) in [6.45, 7) is 0. The molecule has 0 radical (unpaired) electrons. The number of methoxy groups -OCH3 is 1. The molecule has 2 aromatic rings. The molecule has 0 saturated heterocycles. The zero-order valence-electron chi connectivity index (χ0n) is 13.9. The van der Waals surface area contributed by atoms with Gasteiger partial charge in [-0.1, -0.05) is 19.3 Å². The van der Waals surface area contributed by atoms with Gasteiger partial charge in [-0.3, -0.25) is 4.79 Å². The van der Waals surface area contributed by atoms with Crippen molar-refractivity contribution in [3.63, 3.8) is 0 Å². The fraction of sp³-hybridized carbons (Fsp3) is 0.368. The van der Waals surface area contributed by atoms with Gasteiger partial charge in [-0.15, -0.1) is 0 Å². The molecule has 1 aromatic heterocycles. The number of anilines is 2. The maximum atomic E-state index is 12.6. The van der Waals surface area contributed by atoms with Gasteiger partial charge in [-0.25, -0.2) is 4.98 Å². The van der Waals surface area contributed by atoms with Crippen LogP contribution in [0.4, 0.5) is 11.5 Å². The molecule has 1 amide bonds. The summed E-state index contributed by atoms with van der Waals surface area (Å²) in [5, 5.41) is 6.36. The maximum Gasteiger partial charge on any atom is 0.255 e.